The lowest BCUT2D eigenvalue weighted by Gasteiger charge is -2.42. The summed E-state index contributed by atoms with van der Waals surface area (Å²) in [5, 5.41) is 3.66. The number of methoxy groups -OCH3 is 1. The Balaban J connectivity index is 2.26. The molecule has 2 nitrogen and oxygen atoms in total. The van der Waals surface area contributed by atoms with Crippen LogP contribution in [0.4, 0.5) is 0 Å². The minimum atomic E-state index is 0.00551. The summed E-state index contributed by atoms with van der Waals surface area (Å²) in [6.45, 7) is 5.35. The Hall–Kier alpha value is -0.380. The molecule has 0 radical (unpaired) electrons. The number of thiophene rings is 1. The minimum absolute atomic E-state index is 0.00551. The molecule has 0 saturated heterocycles. The predicted octanol–water partition coefficient (Wildman–Crippen LogP) is 4.06. The Morgan fingerprint density at radius 2 is 2.06 bits per heavy atom. The van der Waals surface area contributed by atoms with E-state index >= 15 is 0 Å². The second-order valence-corrected chi connectivity index (χ2v) is 6.59. The van der Waals surface area contributed by atoms with Crippen molar-refractivity contribution in [1.29, 1.82) is 0 Å². The first-order valence-corrected chi connectivity index (χ1v) is 7.88. The van der Waals surface area contributed by atoms with Crippen LogP contribution in [-0.2, 0) is 4.74 Å². The van der Waals surface area contributed by atoms with Crippen LogP contribution in [0, 0.1) is 6.92 Å². The number of ether oxygens (including phenoxy) is 1. The molecular formula is C15H25NOS. The van der Waals surface area contributed by atoms with Gasteiger partial charge in [-0.25, -0.2) is 0 Å². The van der Waals surface area contributed by atoms with Crippen molar-refractivity contribution in [1.82, 2.24) is 5.32 Å². The zero-order chi connectivity index (χ0) is 13.0. The van der Waals surface area contributed by atoms with Gasteiger partial charge in [-0.3, -0.25) is 0 Å². The van der Waals surface area contributed by atoms with Crippen molar-refractivity contribution in [3.05, 3.63) is 21.9 Å². The van der Waals surface area contributed by atoms with E-state index in [9.17, 15) is 0 Å². The summed E-state index contributed by atoms with van der Waals surface area (Å²) >= 11 is 1.90. The second-order valence-electron chi connectivity index (χ2n) is 5.27. The molecule has 0 spiro atoms. The van der Waals surface area contributed by atoms with Crippen molar-refractivity contribution in [2.45, 2.75) is 57.6 Å². The molecular weight excluding hydrogens is 242 g/mol. The van der Waals surface area contributed by atoms with Gasteiger partial charge in [-0.2, -0.15) is 0 Å². The van der Waals surface area contributed by atoms with Crippen molar-refractivity contribution in [2.24, 2.45) is 0 Å². The Kier molecular flexibility index (Phi) is 4.82. The Morgan fingerprint density at radius 1 is 1.33 bits per heavy atom. The van der Waals surface area contributed by atoms with Gasteiger partial charge in [-0.15, -0.1) is 11.3 Å². The highest BCUT2D eigenvalue weighted by atomic mass is 32.1. The lowest BCUT2D eigenvalue weighted by atomic mass is 9.78. The summed E-state index contributed by atoms with van der Waals surface area (Å²) in [7, 11) is 1.89. The summed E-state index contributed by atoms with van der Waals surface area (Å²) in [4.78, 5) is 2.81. The highest BCUT2D eigenvalue weighted by Crippen LogP contribution is 2.42. The van der Waals surface area contributed by atoms with Crippen LogP contribution in [0.25, 0.3) is 0 Å². The van der Waals surface area contributed by atoms with E-state index < -0.39 is 0 Å². The van der Waals surface area contributed by atoms with Gasteiger partial charge in [0.05, 0.1) is 11.6 Å². The molecule has 1 aromatic heterocycles. The molecule has 1 saturated carbocycles. The van der Waals surface area contributed by atoms with E-state index in [0.717, 1.165) is 6.54 Å². The zero-order valence-electron chi connectivity index (χ0n) is 11.8. The summed E-state index contributed by atoms with van der Waals surface area (Å²) in [5.74, 6) is 0. The summed E-state index contributed by atoms with van der Waals surface area (Å²) < 4.78 is 6.00. The fraction of sp³-hybridized carbons (Fsp3) is 0.733. The lowest BCUT2D eigenvalue weighted by Crippen LogP contribution is -2.46. The molecule has 1 aliphatic carbocycles. The first kappa shape index (κ1) is 14.0. The first-order valence-electron chi connectivity index (χ1n) is 7.07. The molecule has 3 heteroatoms. The Morgan fingerprint density at radius 3 is 2.56 bits per heavy atom. The van der Waals surface area contributed by atoms with Gasteiger partial charge in [-0.1, -0.05) is 26.2 Å². The summed E-state index contributed by atoms with van der Waals surface area (Å²) in [5.41, 5.74) is 0.00551. The number of aryl methyl sites for hydroxylation is 1. The quantitative estimate of drug-likeness (QED) is 0.869. The average molecular weight is 267 g/mol. The van der Waals surface area contributed by atoms with Gasteiger partial charge in [0.15, 0.2) is 0 Å². The average Bonchev–Trinajstić information content (AvgIpc) is 2.83. The van der Waals surface area contributed by atoms with Crippen molar-refractivity contribution >= 4 is 11.3 Å². The molecule has 1 atom stereocenters. The Bertz CT molecular complexity index is 368. The van der Waals surface area contributed by atoms with E-state index in [2.05, 4.69) is 31.3 Å². The molecule has 0 aliphatic heterocycles. The lowest BCUT2D eigenvalue weighted by molar-refractivity contribution is -0.0676. The zero-order valence-corrected chi connectivity index (χ0v) is 12.6. The van der Waals surface area contributed by atoms with Gasteiger partial charge in [0.25, 0.3) is 0 Å². The van der Waals surface area contributed by atoms with Crippen LogP contribution in [0.3, 0.4) is 0 Å². The topological polar surface area (TPSA) is 21.3 Å². The molecule has 1 aliphatic rings. The minimum Gasteiger partial charge on any atom is -0.376 e. The Labute approximate surface area is 115 Å². The highest BCUT2D eigenvalue weighted by Gasteiger charge is 2.41. The fourth-order valence-corrected chi connectivity index (χ4v) is 4.18. The van der Waals surface area contributed by atoms with E-state index in [1.807, 2.05) is 18.4 Å². The normalized spacial score (nSPS) is 20.8. The van der Waals surface area contributed by atoms with E-state index in [0.29, 0.717) is 6.04 Å². The third-order valence-electron chi connectivity index (χ3n) is 4.09. The van der Waals surface area contributed by atoms with Crippen molar-refractivity contribution < 1.29 is 4.74 Å². The molecule has 0 amide bonds. The fourth-order valence-electron chi connectivity index (χ4n) is 3.12. The van der Waals surface area contributed by atoms with Crippen molar-refractivity contribution in [3.8, 4) is 0 Å². The van der Waals surface area contributed by atoms with Crippen molar-refractivity contribution in [3.63, 3.8) is 0 Å². The first-order chi connectivity index (χ1) is 8.72. The molecule has 1 fully saturated rings. The van der Waals surface area contributed by atoms with Crippen LogP contribution in [0.5, 0.6) is 0 Å². The smallest absolute Gasteiger partial charge is 0.0880 e. The van der Waals surface area contributed by atoms with Gasteiger partial charge in [0.2, 0.25) is 0 Å². The van der Waals surface area contributed by atoms with Crippen LogP contribution < -0.4 is 5.32 Å². The van der Waals surface area contributed by atoms with E-state index in [4.69, 9.17) is 4.74 Å². The van der Waals surface area contributed by atoms with E-state index in [1.54, 1.807) is 0 Å². The molecule has 0 aromatic carbocycles. The summed E-state index contributed by atoms with van der Waals surface area (Å²) in [6.07, 6.45) is 6.30. The number of hydrogen-bond donors (Lipinski definition) is 1. The third kappa shape index (κ3) is 2.79. The number of rotatable bonds is 5. The maximum atomic E-state index is 6.00. The van der Waals surface area contributed by atoms with Gasteiger partial charge in [0.1, 0.15) is 0 Å². The van der Waals surface area contributed by atoms with Gasteiger partial charge in [0, 0.05) is 16.9 Å². The van der Waals surface area contributed by atoms with Gasteiger partial charge < -0.3 is 10.1 Å². The largest absolute Gasteiger partial charge is 0.376 e. The molecule has 1 N–H and O–H groups in total. The number of likely N-dealkylation sites (N-methyl/N-ethyl adjacent to an activating group) is 1. The molecule has 2 rings (SSSR count). The molecule has 18 heavy (non-hydrogen) atoms. The van der Waals surface area contributed by atoms with E-state index in [1.165, 1.54) is 41.9 Å². The number of nitrogens with one attached hydrogen (secondary N) is 1. The third-order valence-corrected chi connectivity index (χ3v) is 5.15. The monoisotopic (exact) mass is 267 g/mol. The maximum Gasteiger partial charge on any atom is 0.0880 e. The van der Waals surface area contributed by atoms with Crippen LogP contribution in [0.15, 0.2) is 12.1 Å². The van der Waals surface area contributed by atoms with Gasteiger partial charge >= 0.3 is 0 Å². The molecule has 102 valence electrons. The molecule has 0 bridgehead atoms. The second kappa shape index (κ2) is 6.18. The molecule has 1 aromatic rings. The van der Waals surface area contributed by atoms with Crippen LogP contribution >= 0.6 is 11.3 Å². The highest BCUT2D eigenvalue weighted by molar-refractivity contribution is 7.12. The van der Waals surface area contributed by atoms with Crippen LogP contribution in [0.1, 0.15) is 54.8 Å². The van der Waals surface area contributed by atoms with Crippen molar-refractivity contribution in [2.75, 3.05) is 13.7 Å². The van der Waals surface area contributed by atoms with Crippen LogP contribution in [-0.4, -0.2) is 19.3 Å². The SMILES string of the molecule is CCNC(c1ccc(C)s1)C1(OC)CCCCC1. The maximum absolute atomic E-state index is 6.00. The number of hydrogen-bond acceptors (Lipinski definition) is 3. The summed E-state index contributed by atoms with van der Waals surface area (Å²) in [6, 6.07) is 4.84. The molecule has 1 heterocycles. The standard InChI is InChI=1S/C15H25NOS/c1-4-16-14(13-9-8-12(2)18-13)15(17-3)10-6-5-7-11-15/h8-9,14,16H,4-7,10-11H2,1-3H3. The van der Waals surface area contributed by atoms with Crippen LogP contribution in [0.2, 0.25) is 0 Å². The predicted molar refractivity (Wildman–Crippen MR) is 78.3 cm³/mol. The van der Waals surface area contributed by atoms with Gasteiger partial charge in [-0.05, 0) is 38.4 Å². The molecule has 1 unspecified atom stereocenters. The van der Waals surface area contributed by atoms with E-state index in [-0.39, 0.29) is 5.60 Å².